The Kier molecular flexibility index (Phi) is 7.75. The fourth-order valence-electron chi connectivity index (χ4n) is 2.08. The molecule has 0 unspecified atom stereocenters. The molecule has 0 saturated carbocycles. The van der Waals surface area contributed by atoms with E-state index >= 15 is 0 Å². The topological polar surface area (TPSA) is 64.6 Å². The van der Waals surface area contributed by atoms with Crippen LogP contribution in [0.3, 0.4) is 0 Å². The average molecular weight is 396 g/mol. The van der Waals surface area contributed by atoms with Gasteiger partial charge in [0.05, 0.1) is 17.3 Å². The highest BCUT2D eigenvalue weighted by atomic mass is 35.5. The summed E-state index contributed by atoms with van der Waals surface area (Å²) in [5, 5.41) is 3.68. The van der Waals surface area contributed by atoms with Crippen LogP contribution in [0.25, 0.3) is 0 Å². The number of amides is 1. The van der Waals surface area contributed by atoms with Crippen molar-refractivity contribution in [3.05, 3.63) is 58.1 Å². The maximum absolute atomic E-state index is 11.8. The number of hydrogen-bond acceptors (Lipinski definition) is 4. The van der Waals surface area contributed by atoms with Crippen molar-refractivity contribution in [3.8, 4) is 5.75 Å². The van der Waals surface area contributed by atoms with Gasteiger partial charge < -0.3 is 14.8 Å². The highest BCUT2D eigenvalue weighted by Gasteiger charge is 2.09. The van der Waals surface area contributed by atoms with Crippen molar-refractivity contribution in [2.24, 2.45) is 0 Å². The van der Waals surface area contributed by atoms with Gasteiger partial charge in [-0.15, -0.1) is 0 Å². The smallest absolute Gasteiger partial charge is 0.306 e. The van der Waals surface area contributed by atoms with Gasteiger partial charge in [-0.2, -0.15) is 0 Å². The summed E-state index contributed by atoms with van der Waals surface area (Å²) >= 11 is 11.9. The van der Waals surface area contributed by atoms with E-state index in [4.69, 9.17) is 32.7 Å². The zero-order valence-electron chi connectivity index (χ0n) is 14.3. The maximum atomic E-state index is 11.8. The SMILES string of the molecule is Cc1cc(OCCCC(=O)OCC(=O)Nc2ccccc2Cl)ccc1Cl. The first kappa shape index (κ1) is 20.1. The largest absolute Gasteiger partial charge is 0.494 e. The molecule has 0 atom stereocenters. The average Bonchev–Trinajstić information content (AvgIpc) is 2.62. The molecule has 7 heteroatoms. The minimum atomic E-state index is -0.463. The van der Waals surface area contributed by atoms with E-state index < -0.39 is 11.9 Å². The fraction of sp³-hybridized carbons (Fsp3) is 0.263. The second-order valence-corrected chi connectivity index (χ2v) is 6.37. The molecule has 0 heterocycles. The molecular weight excluding hydrogens is 377 g/mol. The molecule has 0 saturated heterocycles. The van der Waals surface area contributed by atoms with E-state index in [0.29, 0.717) is 34.5 Å². The standard InChI is InChI=1S/C19H19Cl2NO4/c1-13-11-14(8-9-15(13)20)25-10-4-7-19(24)26-12-18(23)22-17-6-3-2-5-16(17)21/h2-3,5-6,8-9,11H,4,7,10,12H2,1H3,(H,22,23). The second-order valence-electron chi connectivity index (χ2n) is 5.55. The van der Waals surface area contributed by atoms with Crippen molar-refractivity contribution in [1.29, 1.82) is 0 Å². The summed E-state index contributed by atoms with van der Waals surface area (Å²) in [4.78, 5) is 23.4. The normalized spacial score (nSPS) is 10.3. The van der Waals surface area contributed by atoms with E-state index in [2.05, 4.69) is 5.32 Å². The maximum Gasteiger partial charge on any atom is 0.306 e. The number of aryl methyl sites for hydroxylation is 1. The number of halogens is 2. The zero-order valence-corrected chi connectivity index (χ0v) is 15.8. The van der Waals surface area contributed by atoms with Crippen molar-refractivity contribution >= 4 is 40.8 Å². The van der Waals surface area contributed by atoms with Crippen LogP contribution in [0.4, 0.5) is 5.69 Å². The number of ether oxygens (including phenoxy) is 2. The predicted octanol–water partition coefficient (Wildman–Crippen LogP) is 4.64. The third-order valence-electron chi connectivity index (χ3n) is 3.44. The van der Waals surface area contributed by atoms with Crippen molar-refractivity contribution < 1.29 is 19.1 Å². The van der Waals surface area contributed by atoms with Gasteiger partial charge in [0.2, 0.25) is 0 Å². The number of esters is 1. The summed E-state index contributed by atoms with van der Waals surface area (Å²) in [6.45, 7) is 1.89. The first-order valence-corrected chi connectivity index (χ1v) is 8.80. The van der Waals surface area contributed by atoms with Crippen LogP contribution in [-0.4, -0.2) is 25.1 Å². The molecule has 0 fully saturated rings. The summed E-state index contributed by atoms with van der Waals surface area (Å²) in [6, 6.07) is 12.2. The van der Waals surface area contributed by atoms with Gasteiger partial charge in [0.1, 0.15) is 5.75 Å². The molecule has 0 radical (unpaired) electrons. The molecule has 0 aliphatic heterocycles. The quantitative estimate of drug-likeness (QED) is 0.522. The summed E-state index contributed by atoms with van der Waals surface area (Å²) in [6.07, 6.45) is 0.637. The molecule has 2 rings (SSSR count). The Hall–Kier alpha value is -2.24. The molecule has 0 bridgehead atoms. The summed E-state index contributed by atoms with van der Waals surface area (Å²) < 4.78 is 10.5. The van der Waals surface area contributed by atoms with E-state index in [0.717, 1.165) is 5.56 Å². The van der Waals surface area contributed by atoms with Gasteiger partial charge in [0.15, 0.2) is 6.61 Å². The van der Waals surface area contributed by atoms with Crippen LogP contribution in [0.5, 0.6) is 5.75 Å². The monoisotopic (exact) mass is 395 g/mol. The minimum Gasteiger partial charge on any atom is -0.494 e. The molecule has 138 valence electrons. The highest BCUT2D eigenvalue weighted by molar-refractivity contribution is 6.33. The number of para-hydroxylation sites is 1. The number of carbonyl (C=O) groups excluding carboxylic acids is 2. The zero-order chi connectivity index (χ0) is 18.9. The van der Waals surface area contributed by atoms with Crippen molar-refractivity contribution in [1.82, 2.24) is 0 Å². The second kappa shape index (κ2) is 10.0. The lowest BCUT2D eigenvalue weighted by atomic mass is 10.2. The molecule has 0 aliphatic rings. The molecule has 2 aromatic carbocycles. The lowest BCUT2D eigenvalue weighted by Crippen LogP contribution is -2.21. The fourth-order valence-corrected chi connectivity index (χ4v) is 2.38. The van der Waals surface area contributed by atoms with Crippen LogP contribution in [0.15, 0.2) is 42.5 Å². The third kappa shape index (κ3) is 6.58. The van der Waals surface area contributed by atoms with Crippen LogP contribution in [-0.2, 0) is 14.3 Å². The molecule has 0 aromatic heterocycles. The predicted molar refractivity (Wildman–Crippen MR) is 102 cm³/mol. The number of rotatable bonds is 8. The summed E-state index contributed by atoms with van der Waals surface area (Å²) in [5.41, 5.74) is 1.40. The van der Waals surface area contributed by atoms with Gasteiger partial charge in [-0.3, -0.25) is 9.59 Å². The van der Waals surface area contributed by atoms with Crippen LogP contribution in [0.1, 0.15) is 18.4 Å². The Labute approximate surface area is 162 Å². The van der Waals surface area contributed by atoms with Crippen molar-refractivity contribution in [3.63, 3.8) is 0 Å². The van der Waals surface area contributed by atoms with E-state index in [-0.39, 0.29) is 13.0 Å². The molecule has 1 N–H and O–H groups in total. The van der Waals surface area contributed by atoms with E-state index in [1.54, 1.807) is 36.4 Å². The Morgan fingerprint density at radius 1 is 1.08 bits per heavy atom. The Balaban J connectivity index is 1.63. The molecule has 26 heavy (non-hydrogen) atoms. The van der Waals surface area contributed by atoms with E-state index in [1.807, 2.05) is 13.0 Å². The lowest BCUT2D eigenvalue weighted by Gasteiger charge is -2.09. The molecule has 5 nitrogen and oxygen atoms in total. The molecule has 2 aromatic rings. The van der Waals surface area contributed by atoms with E-state index in [1.165, 1.54) is 0 Å². The van der Waals surface area contributed by atoms with Crippen molar-refractivity contribution in [2.45, 2.75) is 19.8 Å². The van der Waals surface area contributed by atoms with Crippen LogP contribution < -0.4 is 10.1 Å². The van der Waals surface area contributed by atoms with Gasteiger partial charge in [-0.1, -0.05) is 35.3 Å². The molecule has 0 aliphatic carbocycles. The number of carbonyl (C=O) groups is 2. The molecular formula is C19H19Cl2NO4. The van der Waals surface area contributed by atoms with Crippen LogP contribution in [0, 0.1) is 6.92 Å². The Morgan fingerprint density at radius 3 is 2.58 bits per heavy atom. The number of anilines is 1. The molecule has 1 amide bonds. The molecule has 0 spiro atoms. The highest BCUT2D eigenvalue weighted by Crippen LogP contribution is 2.21. The summed E-state index contributed by atoms with van der Waals surface area (Å²) in [7, 11) is 0. The number of hydrogen-bond donors (Lipinski definition) is 1. The minimum absolute atomic E-state index is 0.159. The first-order valence-electron chi connectivity index (χ1n) is 8.04. The van der Waals surface area contributed by atoms with Crippen LogP contribution in [0.2, 0.25) is 10.0 Å². The van der Waals surface area contributed by atoms with E-state index in [9.17, 15) is 9.59 Å². The Morgan fingerprint density at radius 2 is 1.85 bits per heavy atom. The Bertz CT molecular complexity index is 780. The van der Waals surface area contributed by atoms with Gasteiger partial charge in [0, 0.05) is 11.4 Å². The van der Waals surface area contributed by atoms with Gasteiger partial charge in [-0.05, 0) is 49.2 Å². The third-order valence-corrected chi connectivity index (χ3v) is 4.19. The van der Waals surface area contributed by atoms with Gasteiger partial charge in [-0.25, -0.2) is 0 Å². The lowest BCUT2D eigenvalue weighted by molar-refractivity contribution is -0.147. The first-order chi connectivity index (χ1) is 12.5. The number of nitrogens with one attached hydrogen (secondary N) is 1. The summed E-state index contributed by atoms with van der Waals surface area (Å²) in [5.74, 6) is -0.214. The van der Waals surface area contributed by atoms with Gasteiger partial charge >= 0.3 is 5.97 Å². The van der Waals surface area contributed by atoms with Crippen molar-refractivity contribution in [2.75, 3.05) is 18.5 Å². The van der Waals surface area contributed by atoms with Crippen LogP contribution >= 0.6 is 23.2 Å². The number of benzene rings is 2. The van der Waals surface area contributed by atoms with Gasteiger partial charge in [0.25, 0.3) is 5.91 Å².